The van der Waals surface area contributed by atoms with Gasteiger partial charge >= 0.3 is 5.97 Å². The Morgan fingerprint density at radius 1 is 1.11 bits per heavy atom. The van der Waals surface area contributed by atoms with E-state index >= 15 is 0 Å². The van der Waals surface area contributed by atoms with Gasteiger partial charge in [0.15, 0.2) is 6.61 Å². The number of ether oxygens (including phenoxy) is 1. The number of unbranched alkanes of at least 4 members (excludes halogenated alkanes) is 1. The third-order valence-corrected chi connectivity index (χ3v) is 6.04. The van der Waals surface area contributed by atoms with Crippen LogP contribution in [0.4, 0.5) is 0 Å². The smallest absolute Gasteiger partial charge is 0.326 e. The lowest BCUT2D eigenvalue weighted by molar-refractivity contribution is -0.142. The molecule has 0 aliphatic heterocycles. The van der Waals surface area contributed by atoms with Crippen molar-refractivity contribution in [2.45, 2.75) is 45.7 Å². The van der Waals surface area contributed by atoms with E-state index in [9.17, 15) is 19.8 Å². The number of aromatic nitrogens is 2. The highest BCUT2D eigenvalue weighted by molar-refractivity contribution is 6.09. The zero-order valence-electron chi connectivity index (χ0n) is 19.8. The van der Waals surface area contributed by atoms with E-state index < -0.39 is 17.9 Å². The minimum Gasteiger partial charge on any atom is -0.508 e. The maximum absolute atomic E-state index is 12.5. The molecule has 0 unspecified atom stereocenters. The van der Waals surface area contributed by atoms with Crippen molar-refractivity contribution in [1.82, 2.24) is 14.9 Å². The quantitative estimate of drug-likeness (QED) is 0.317. The molecule has 8 heteroatoms. The van der Waals surface area contributed by atoms with Crippen LogP contribution in [-0.2, 0) is 22.6 Å². The van der Waals surface area contributed by atoms with E-state index in [2.05, 4.69) is 21.8 Å². The highest BCUT2D eigenvalue weighted by Crippen LogP contribution is 2.33. The minimum atomic E-state index is -1.14. The number of aryl methyl sites for hydroxylation is 2. The molecule has 0 radical (unpaired) electrons. The number of carboxylic acids is 1. The molecule has 0 bridgehead atoms. The Morgan fingerprint density at radius 3 is 2.60 bits per heavy atom. The van der Waals surface area contributed by atoms with Crippen LogP contribution >= 0.6 is 0 Å². The van der Waals surface area contributed by atoms with Crippen molar-refractivity contribution >= 4 is 33.7 Å². The number of amides is 1. The van der Waals surface area contributed by atoms with Crippen LogP contribution in [0.3, 0.4) is 0 Å². The number of nitrogens with zero attached hydrogens (tertiary/aromatic N) is 2. The van der Waals surface area contributed by atoms with Gasteiger partial charge in [0.05, 0.1) is 16.7 Å². The SMILES string of the molecule is CCCCn1c2cc(OCC(=O)N[C@@H](Cc3ccc(O)cc3)C(=O)O)ccc2c2ccnc(C)c21. The summed E-state index contributed by atoms with van der Waals surface area (Å²) in [5.41, 5.74) is 3.76. The van der Waals surface area contributed by atoms with Gasteiger partial charge in [0.1, 0.15) is 17.5 Å². The summed E-state index contributed by atoms with van der Waals surface area (Å²) in [5.74, 6) is -1.04. The van der Waals surface area contributed by atoms with Crippen LogP contribution < -0.4 is 10.1 Å². The summed E-state index contributed by atoms with van der Waals surface area (Å²) in [6, 6.07) is 12.8. The first-order valence-corrected chi connectivity index (χ1v) is 11.7. The fourth-order valence-corrected chi connectivity index (χ4v) is 4.29. The van der Waals surface area contributed by atoms with Crippen molar-refractivity contribution in [2.75, 3.05) is 6.61 Å². The van der Waals surface area contributed by atoms with Crippen molar-refractivity contribution in [1.29, 1.82) is 0 Å². The maximum Gasteiger partial charge on any atom is 0.326 e. The molecular weight excluding hydrogens is 446 g/mol. The summed E-state index contributed by atoms with van der Waals surface area (Å²) < 4.78 is 7.99. The molecule has 2 aromatic heterocycles. The van der Waals surface area contributed by atoms with E-state index in [1.165, 1.54) is 12.1 Å². The van der Waals surface area contributed by atoms with Crippen molar-refractivity contribution in [2.24, 2.45) is 0 Å². The topological polar surface area (TPSA) is 114 Å². The van der Waals surface area contributed by atoms with E-state index in [1.54, 1.807) is 12.1 Å². The molecule has 8 nitrogen and oxygen atoms in total. The molecule has 0 saturated carbocycles. The van der Waals surface area contributed by atoms with E-state index in [-0.39, 0.29) is 18.8 Å². The number of aliphatic carboxylic acids is 1. The number of aromatic hydroxyl groups is 1. The van der Waals surface area contributed by atoms with Gasteiger partial charge in [0.2, 0.25) is 0 Å². The Hall–Kier alpha value is -4.07. The summed E-state index contributed by atoms with van der Waals surface area (Å²) in [6.07, 6.45) is 4.00. The number of carboxylic acid groups (broad SMARTS) is 1. The number of carbonyl (C=O) groups excluding carboxylic acids is 1. The summed E-state index contributed by atoms with van der Waals surface area (Å²) in [7, 11) is 0. The maximum atomic E-state index is 12.5. The van der Waals surface area contributed by atoms with E-state index in [0.717, 1.165) is 46.9 Å². The first-order chi connectivity index (χ1) is 16.9. The predicted octanol–water partition coefficient (Wildman–Crippen LogP) is 4.19. The number of phenols is 1. The molecule has 0 saturated heterocycles. The summed E-state index contributed by atoms with van der Waals surface area (Å²) in [5, 5.41) is 23.7. The van der Waals surface area contributed by atoms with E-state index in [0.29, 0.717) is 11.3 Å². The number of nitrogens with one attached hydrogen (secondary N) is 1. The van der Waals surface area contributed by atoms with Crippen molar-refractivity contribution < 1.29 is 24.5 Å². The standard InChI is InChI=1S/C27H29N3O5/c1-3-4-13-30-24-15-20(9-10-21(24)22-11-12-28-17(2)26(22)30)35-16-25(32)29-23(27(33)34)14-18-5-7-19(31)8-6-18/h5-12,15,23,31H,3-4,13-14,16H2,1-2H3,(H,29,32)(H,33,34)/t23-/m0/s1. The molecule has 0 aliphatic rings. The van der Waals surface area contributed by atoms with Gasteiger partial charge in [-0.2, -0.15) is 0 Å². The van der Waals surface area contributed by atoms with E-state index in [4.69, 9.17) is 4.74 Å². The molecule has 35 heavy (non-hydrogen) atoms. The molecule has 1 atom stereocenters. The average Bonchev–Trinajstić information content (AvgIpc) is 3.16. The second-order valence-corrected chi connectivity index (χ2v) is 8.59. The molecule has 0 aliphatic carbocycles. The van der Waals surface area contributed by atoms with Gasteiger partial charge in [0, 0.05) is 36.0 Å². The fraction of sp³-hybridized carbons (Fsp3) is 0.296. The highest BCUT2D eigenvalue weighted by Gasteiger charge is 2.21. The van der Waals surface area contributed by atoms with E-state index in [1.807, 2.05) is 37.4 Å². The fourth-order valence-electron chi connectivity index (χ4n) is 4.29. The van der Waals surface area contributed by atoms with Gasteiger partial charge in [-0.3, -0.25) is 9.78 Å². The molecule has 182 valence electrons. The second-order valence-electron chi connectivity index (χ2n) is 8.59. The van der Waals surface area contributed by atoms with Crippen LogP contribution in [0.5, 0.6) is 11.5 Å². The third-order valence-electron chi connectivity index (χ3n) is 6.04. The number of carbonyl (C=O) groups is 2. The number of pyridine rings is 1. The molecule has 3 N–H and O–H groups in total. The van der Waals surface area contributed by atoms with Crippen LogP contribution in [-0.4, -0.2) is 44.3 Å². The van der Waals surface area contributed by atoms with Crippen LogP contribution in [0.1, 0.15) is 31.0 Å². The van der Waals surface area contributed by atoms with Crippen LogP contribution in [0, 0.1) is 6.92 Å². The number of phenolic OH excluding ortho intramolecular Hbond substituents is 1. The van der Waals surface area contributed by atoms with Gasteiger partial charge in [-0.15, -0.1) is 0 Å². The minimum absolute atomic E-state index is 0.0928. The lowest BCUT2D eigenvalue weighted by Gasteiger charge is -2.15. The van der Waals surface area contributed by atoms with Crippen LogP contribution in [0.2, 0.25) is 0 Å². The zero-order valence-corrected chi connectivity index (χ0v) is 19.8. The Kier molecular flexibility index (Phi) is 7.19. The molecule has 1 amide bonds. The van der Waals surface area contributed by atoms with Crippen LogP contribution in [0.25, 0.3) is 21.8 Å². The number of benzene rings is 2. The lowest BCUT2D eigenvalue weighted by atomic mass is 10.1. The lowest BCUT2D eigenvalue weighted by Crippen LogP contribution is -2.44. The molecular formula is C27H29N3O5. The Balaban J connectivity index is 1.49. The summed E-state index contributed by atoms with van der Waals surface area (Å²) in [6.45, 7) is 4.70. The van der Waals surface area contributed by atoms with Gasteiger partial charge in [-0.25, -0.2) is 4.79 Å². The first kappa shape index (κ1) is 24.1. The molecule has 2 heterocycles. The predicted molar refractivity (Wildman–Crippen MR) is 134 cm³/mol. The van der Waals surface area contributed by atoms with Gasteiger partial charge in [0.25, 0.3) is 5.91 Å². The first-order valence-electron chi connectivity index (χ1n) is 11.7. The van der Waals surface area contributed by atoms with Gasteiger partial charge in [-0.1, -0.05) is 25.5 Å². The second kappa shape index (κ2) is 10.5. The van der Waals surface area contributed by atoms with Crippen molar-refractivity contribution in [3.8, 4) is 11.5 Å². The largest absolute Gasteiger partial charge is 0.508 e. The molecule has 2 aromatic carbocycles. The normalized spacial score (nSPS) is 12.1. The number of fused-ring (bicyclic) bond motifs is 3. The highest BCUT2D eigenvalue weighted by atomic mass is 16.5. The molecule has 0 fully saturated rings. The Bertz CT molecular complexity index is 1360. The van der Waals surface area contributed by atoms with Gasteiger partial charge in [-0.05, 0) is 49.2 Å². The number of hydrogen-bond donors (Lipinski definition) is 3. The molecule has 4 rings (SSSR count). The van der Waals surface area contributed by atoms with Crippen LogP contribution in [0.15, 0.2) is 54.7 Å². The number of rotatable bonds is 10. The monoisotopic (exact) mass is 475 g/mol. The molecule has 0 spiro atoms. The van der Waals surface area contributed by atoms with Crippen molar-refractivity contribution in [3.05, 3.63) is 66.0 Å². The average molecular weight is 476 g/mol. The third kappa shape index (κ3) is 5.37. The van der Waals surface area contributed by atoms with Gasteiger partial charge < -0.3 is 24.8 Å². The summed E-state index contributed by atoms with van der Waals surface area (Å²) >= 11 is 0. The van der Waals surface area contributed by atoms with Crippen molar-refractivity contribution in [3.63, 3.8) is 0 Å². The zero-order chi connectivity index (χ0) is 24.9. The summed E-state index contributed by atoms with van der Waals surface area (Å²) in [4.78, 5) is 28.6. The Morgan fingerprint density at radius 2 is 1.89 bits per heavy atom. The Labute approximate surface area is 203 Å². The number of hydrogen-bond acceptors (Lipinski definition) is 5. The molecule has 4 aromatic rings.